The largest absolute Gasteiger partial charge is 0.382 e. The fourth-order valence-corrected chi connectivity index (χ4v) is 3.58. The minimum atomic E-state index is -4.01. The van der Waals surface area contributed by atoms with Crippen LogP contribution in [0.4, 0.5) is 0 Å². The highest BCUT2D eigenvalue weighted by atomic mass is 35.7. The lowest BCUT2D eigenvalue weighted by Gasteiger charge is -2.51. The van der Waals surface area contributed by atoms with E-state index in [1.54, 1.807) is 0 Å². The molecular weight excluding hydrogens is 242 g/mol. The number of ether oxygens (including phenoxy) is 1. The van der Waals surface area contributed by atoms with Gasteiger partial charge in [-0.25, -0.2) is 4.31 Å². The molecule has 7 heteroatoms. The number of nitrogens with zero attached hydrogens (tertiary/aromatic N) is 1. The molecule has 0 saturated carbocycles. The van der Waals surface area contributed by atoms with Gasteiger partial charge in [-0.3, -0.25) is 4.79 Å². The first-order valence-electron chi connectivity index (χ1n) is 4.52. The summed E-state index contributed by atoms with van der Waals surface area (Å²) in [7, 11) is 2.67. The smallest absolute Gasteiger partial charge is 0.324 e. The summed E-state index contributed by atoms with van der Waals surface area (Å²) in [6.45, 7) is 3.84. The van der Waals surface area contributed by atoms with Crippen LogP contribution in [-0.2, 0) is 18.8 Å². The molecule has 0 aliphatic carbocycles. The zero-order chi connectivity index (χ0) is 11.9. The average Bonchev–Trinajstić information content (AvgIpc) is 1.98. The standard InChI is InChI=1S/C8H14ClNO4S/c1-6(2)8(5-14-3)4-7(11)10(8)15(9,12)13/h6H,4-5H2,1-3H3. The first kappa shape index (κ1) is 12.7. The lowest BCUT2D eigenvalue weighted by atomic mass is 9.78. The van der Waals surface area contributed by atoms with E-state index in [-0.39, 0.29) is 18.9 Å². The second-order valence-electron chi connectivity index (χ2n) is 3.97. The molecule has 1 heterocycles. The van der Waals surface area contributed by atoms with Crippen molar-refractivity contribution in [1.29, 1.82) is 0 Å². The summed E-state index contributed by atoms with van der Waals surface area (Å²) in [5.41, 5.74) is -0.813. The number of amides is 1. The van der Waals surface area contributed by atoms with Gasteiger partial charge in [0.25, 0.3) is 0 Å². The number of methoxy groups -OCH3 is 1. The molecule has 15 heavy (non-hydrogen) atoms. The van der Waals surface area contributed by atoms with E-state index in [2.05, 4.69) is 0 Å². The monoisotopic (exact) mass is 255 g/mol. The molecule has 0 bridgehead atoms. The molecule has 0 spiro atoms. The van der Waals surface area contributed by atoms with Gasteiger partial charge in [-0.15, -0.1) is 0 Å². The van der Waals surface area contributed by atoms with Crippen molar-refractivity contribution in [3.8, 4) is 0 Å². The molecule has 0 radical (unpaired) electrons. The number of rotatable bonds is 4. The van der Waals surface area contributed by atoms with Gasteiger partial charge in [0.15, 0.2) is 0 Å². The van der Waals surface area contributed by atoms with Crippen LogP contribution in [0.15, 0.2) is 0 Å². The molecule has 1 amide bonds. The zero-order valence-corrected chi connectivity index (χ0v) is 10.4. The molecule has 1 unspecified atom stereocenters. The average molecular weight is 256 g/mol. The molecule has 1 rings (SSSR count). The summed E-state index contributed by atoms with van der Waals surface area (Å²) in [6, 6.07) is 0. The highest BCUT2D eigenvalue weighted by Gasteiger charge is 2.58. The van der Waals surface area contributed by atoms with Gasteiger partial charge in [0, 0.05) is 17.8 Å². The number of hydrogen-bond donors (Lipinski definition) is 0. The number of carbonyl (C=O) groups is 1. The van der Waals surface area contributed by atoms with Gasteiger partial charge >= 0.3 is 9.24 Å². The second-order valence-corrected chi connectivity index (χ2v) is 6.33. The molecule has 0 aromatic rings. The Hall–Kier alpha value is -0.330. The molecule has 5 nitrogen and oxygen atoms in total. The molecule has 1 aliphatic rings. The molecule has 0 aromatic heterocycles. The van der Waals surface area contributed by atoms with Gasteiger partial charge in [-0.05, 0) is 5.92 Å². The van der Waals surface area contributed by atoms with Gasteiger partial charge in [0.05, 0.1) is 18.6 Å². The van der Waals surface area contributed by atoms with Crippen molar-refractivity contribution in [2.45, 2.75) is 25.8 Å². The fraction of sp³-hybridized carbons (Fsp3) is 0.875. The van der Waals surface area contributed by atoms with Crippen LogP contribution in [-0.4, -0.2) is 37.9 Å². The van der Waals surface area contributed by atoms with Gasteiger partial charge in [-0.1, -0.05) is 13.8 Å². The number of carbonyl (C=O) groups excluding carboxylic acids is 1. The molecule has 1 atom stereocenters. The summed E-state index contributed by atoms with van der Waals surface area (Å²) >= 11 is 0. The van der Waals surface area contributed by atoms with Crippen LogP contribution in [0.1, 0.15) is 20.3 Å². The first-order chi connectivity index (χ1) is 6.75. The van der Waals surface area contributed by atoms with E-state index in [0.29, 0.717) is 0 Å². The van der Waals surface area contributed by atoms with E-state index in [1.807, 2.05) is 13.8 Å². The summed E-state index contributed by atoms with van der Waals surface area (Å²) < 4.78 is 28.2. The minimum Gasteiger partial charge on any atom is -0.382 e. The molecule has 1 saturated heterocycles. The maximum Gasteiger partial charge on any atom is 0.324 e. The fourth-order valence-electron chi connectivity index (χ4n) is 1.87. The maximum absolute atomic E-state index is 11.3. The predicted molar refractivity (Wildman–Crippen MR) is 55.7 cm³/mol. The van der Waals surface area contributed by atoms with Crippen molar-refractivity contribution in [1.82, 2.24) is 4.31 Å². The Labute approximate surface area is 93.9 Å². The Kier molecular flexibility index (Phi) is 3.33. The normalized spacial score (nSPS) is 27.0. The Bertz CT molecular complexity index is 367. The zero-order valence-electron chi connectivity index (χ0n) is 8.86. The molecule has 0 N–H and O–H groups in total. The van der Waals surface area contributed by atoms with Crippen LogP contribution >= 0.6 is 10.7 Å². The van der Waals surface area contributed by atoms with Crippen LogP contribution < -0.4 is 0 Å². The van der Waals surface area contributed by atoms with Crippen LogP contribution in [0.5, 0.6) is 0 Å². The van der Waals surface area contributed by atoms with Crippen molar-refractivity contribution in [3.05, 3.63) is 0 Å². The molecule has 1 aliphatic heterocycles. The summed E-state index contributed by atoms with van der Waals surface area (Å²) in [4.78, 5) is 11.3. The first-order valence-corrected chi connectivity index (χ1v) is 6.79. The van der Waals surface area contributed by atoms with Gasteiger partial charge in [0.2, 0.25) is 5.91 Å². The number of halogens is 1. The van der Waals surface area contributed by atoms with Crippen molar-refractivity contribution >= 4 is 25.8 Å². The predicted octanol–water partition coefficient (Wildman–Crippen LogP) is 0.744. The third-order valence-corrected chi connectivity index (χ3v) is 4.19. The quantitative estimate of drug-likeness (QED) is 0.549. The molecule has 0 aromatic carbocycles. The Morgan fingerprint density at radius 1 is 1.60 bits per heavy atom. The van der Waals surface area contributed by atoms with E-state index >= 15 is 0 Å². The summed E-state index contributed by atoms with van der Waals surface area (Å²) in [6.07, 6.45) is 0.157. The van der Waals surface area contributed by atoms with E-state index in [1.165, 1.54) is 7.11 Å². The SMILES string of the molecule is COCC1(C(C)C)CC(=O)N1S(=O)(=O)Cl. The van der Waals surface area contributed by atoms with Crippen molar-refractivity contribution in [2.75, 3.05) is 13.7 Å². The van der Waals surface area contributed by atoms with E-state index in [9.17, 15) is 13.2 Å². The van der Waals surface area contributed by atoms with Crippen molar-refractivity contribution in [2.24, 2.45) is 5.92 Å². The van der Waals surface area contributed by atoms with E-state index < -0.39 is 20.7 Å². The minimum absolute atomic E-state index is 0.0383. The lowest BCUT2D eigenvalue weighted by Crippen LogP contribution is -2.69. The van der Waals surface area contributed by atoms with Gasteiger partial charge in [-0.2, -0.15) is 8.42 Å². The third kappa shape index (κ3) is 1.98. The summed E-state index contributed by atoms with van der Waals surface area (Å²) in [5, 5.41) is 0. The van der Waals surface area contributed by atoms with E-state index in [4.69, 9.17) is 15.4 Å². The lowest BCUT2D eigenvalue weighted by molar-refractivity contribution is -0.153. The Morgan fingerprint density at radius 3 is 2.40 bits per heavy atom. The molecular formula is C8H14ClNO4S. The highest BCUT2D eigenvalue weighted by molar-refractivity contribution is 8.12. The van der Waals surface area contributed by atoms with Gasteiger partial charge in [0.1, 0.15) is 0 Å². The molecule has 1 fully saturated rings. The van der Waals surface area contributed by atoms with Crippen molar-refractivity contribution < 1.29 is 17.9 Å². The highest BCUT2D eigenvalue weighted by Crippen LogP contribution is 2.41. The van der Waals surface area contributed by atoms with E-state index in [0.717, 1.165) is 4.31 Å². The van der Waals surface area contributed by atoms with Crippen LogP contribution in [0.2, 0.25) is 0 Å². The van der Waals surface area contributed by atoms with Gasteiger partial charge < -0.3 is 4.74 Å². The third-order valence-electron chi connectivity index (χ3n) is 2.78. The van der Waals surface area contributed by atoms with Crippen molar-refractivity contribution in [3.63, 3.8) is 0 Å². The second kappa shape index (κ2) is 3.92. The Balaban J connectivity index is 3.07. The van der Waals surface area contributed by atoms with Crippen LogP contribution in [0, 0.1) is 5.92 Å². The number of hydrogen-bond acceptors (Lipinski definition) is 4. The Morgan fingerprint density at radius 2 is 2.13 bits per heavy atom. The molecule has 88 valence electrons. The van der Waals surface area contributed by atoms with Crippen LogP contribution in [0.3, 0.4) is 0 Å². The maximum atomic E-state index is 11.3. The van der Waals surface area contributed by atoms with Crippen LogP contribution in [0.25, 0.3) is 0 Å². The topological polar surface area (TPSA) is 63.7 Å². The summed E-state index contributed by atoms with van der Waals surface area (Å²) in [5.74, 6) is -0.514. The number of β-lactam (4-membered cyclic amide) rings is 1.